The monoisotopic (exact) mass is 314 g/mol. The maximum atomic E-state index is 11.3. The van der Waals surface area contributed by atoms with E-state index in [1.807, 2.05) is 36.6 Å². The van der Waals surface area contributed by atoms with Crippen LogP contribution in [0.5, 0.6) is 0 Å². The molecule has 0 aliphatic carbocycles. The highest BCUT2D eigenvalue weighted by Gasteiger charge is 2.10. The van der Waals surface area contributed by atoms with Crippen molar-refractivity contribution in [2.45, 2.75) is 12.2 Å². The van der Waals surface area contributed by atoms with Gasteiger partial charge >= 0.3 is 0 Å². The second-order valence-corrected chi connectivity index (χ2v) is 7.28. The molecule has 2 atom stereocenters. The molecule has 2 aromatic rings. The van der Waals surface area contributed by atoms with Gasteiger partial charge in [-0.1, -0.05) is 29.8 Å². The third-order valence-corrected chi connectivity index (χ3v) is 5.19. The van der Waals surface area contributed by atoms with Gasteiger partial charge in [-0.3, -0.25) is 4.21 Å². The number of hydrogen-bond donors (Lipinski definition) is 1. The van der Waals surface area contributed by atoms with Crippen LogP contribution < -0.4 is 5.32 Å². The van der Waals surface area contributed by atoms with Crippen molar-refractivity contribution < 1.29 is 4.21 Å². The number of aromatic nitrogens is 1. The van der Waals surface area contributed by atoms with E-state index in [2.05, 4.69) is 10.3 Å². The van der Waals surface area contributed by atoms with Crippen LogP contribution in [-0.4, -0.2) is 27.2 Å². The van der Waals surface area contributed by atoms with Gasteiger partial charge in [-0.2, -0.15) is 0 Å². The Labute approximate surface area is 124 Å². The van der Waals surface area contributed by atoms with Gasteiger partial charge in [0.1, 0.15) is 0 Å². The van der Waals surface area contributed by atoms with Crippen molar-refractivity contribution in [3.05, 3.63) is 34.7 Å². The summed E-state index contributed by atoms with van der Waals surface area (Å²) in [5.74, 6) is 0. The number of rotatable bonds is 5. The summed E-state index contributed by atoms with van der Waals surface area (Å²) >= 11 is 7.67. The van der Waals surface area contributed by atoms with Gasteiger partial charge < -0.3 is 5.32 Å². The fourth-order valence-corrected chi connectivity index (χ4v) is 2.77. The Kier molecular flexibility index (Phi) is 4.96. The molecule has 1 N–H and O–H groups in total. The molecule has 1 aromatic carbocycles. The van der Waals surface area contributed by atoms with Crippen LogP contribution >= 0.6 is 22.9 Å². The topological polar surface area (TPSA) is 42.0 Å². The minimum Gasteiger partial charge on any atom is -0.360 e. The van der Waals surface area contributed by atoms with Gasteiger partial charge in [-0.15, -0.1) is 11.3 Å². The molecule has 2 rings (SSSR count). The van der Waals surface area contributed by atoms with E-state index < -0.39 is 10.8 Å². The first-order valence-corrected chi connectivity index (χ1v) is 8.72. The van der Waals surface area contributed by atoms with E-state index in [4.69, 9.17) is 11.6 Å². The predicted molar refractivity (Wildman–Crippen MR) is 84.6 cm³/mol. The van der Waals surface area contributed by atoms with E-state index in [0.717, 1.165) is 16.4 Å². The Hall–Kier alpha value is -0.910. The summed E-state index contributed by atoms with van der Waals surface area (Å²) in [5, 5.41) is 6.80. The Morgan fingerprint density at radius 1 is 1.47 bits per heavy atom. The van der Waals surface area contributed by atoms with Crippen LogP contribution in [0.2, 0.25) is 5.02 Å². The van der Waals surface area contributed by atoms with Crippen LogP contribution in [0, 0.1) is 0 Å². The number of nitrogens with one attached hydrogen (secondary N) is 1. The van der Waals surface area contributed by atoms with Crippen LogP contribution in [-0.2, 0) is 10.8 Å². The van der Waals surface area contributed by atoms with E-state index in [-0.39, 0.29) is 5.25 Å². The Morgan fingerprint density at radius 2 is 2.21 bits per heavy atom. The van der Waals surface area contributed by atoms with E-state index in [1.165, 1.54) is 11.3 Å². The van der Waals surface area contributed by atoms with Gasteiger partial charge in [0.2, 0.25) is 0 Å². The Morgan fingerprint density at radius 3 is 2.89 bits per heavy atom. The first-order chi connectivity index (χ1) is 9.08. The molecule has 0 saturated heterocycles. The normalized spacial score (nSPS) is 14.1. The minimum atomic E-state index is -0.824. The Bertz CT molecular complexity index is 586. The van der Waals surface area contributed by atoms with E-state index in [9.17, 15) is 4.21 Å². The standard InChI is InChI=1S/C13H15ClN2OS2/c1-9(19(2)17)7-15-13-16-12(8-18-13)10-5-3-4-6-11(10)14/h3-6,8-9H,7H2,1-2H3,(H,15,16)/t9-,19-/m1/s1. The highest BCUT2D eigenvalue weighted by atomic mass is 35.5. The van der Waals surface area contributed by atoms with Crippen molar-refractivity contribution in [1.29, 1.82) is 0 Å². The fourth-order valence-electron chi connectivity index (χ4n) is 1.50. The molecule has 3 nitrogen and oxygen atoms in total. The molecule has 0 unspecified atom stereocenters. The largest absolute Gasteiger partial charge is 0.360 e. The number of benzene rings is 1. The molecule has 1 aromatic heterocycles. The lowest BCUT2D eigenvalue weighted by molar-refractivity contribution is 0.679. The maximum Gasteiger partial charge on any atom is 0.183 e. The van der Waals surface area contributed by atoms with Crippen LogP contribution in [0.25, 0.3) is 11.3 Å². The molecule has 0 radical (unpaired) electrons. The molecular formula is C13H15ClN2OS2. The number of halogens is 1. The molecule has 0 aliphatic rings. The summed E-state index contributed by atoms with van der Waals surface area (Å²) in [6, 6.07) is 7.64. The molecule has 0 amide bonds. The number of hydrogen-bond acceptors (Lipinski definition) is 4. The Balaban J connectivity index is 2.08. The van der Waals surface area contributed by atoms with Crippen molar-refractivity contribution >= 4 is 38.9 Å². The predicted octanol–water partition coefficient (Wildman–Crippen LogP) is 3.64. The van der Waals surface area contributed by atoms with Crippen molar-refractivity contribution in [3.63, 3.8) is 0 Å². The zero-order valence-corrected chi connectivity index (χ0v) is 13.1. The highest BCUT2D eigenvalue weighted by Crippen LogP contribution is 2.30. The molecule has 1 heterocycles. The van der Waals surface area contributed by atoms with Crippen molar-refractivity contribution in [2.24, 2.45) is 0 Å². The van der Waals surface area contributed by atoms with E-state index >= 15 is 0 Å². The third kappa shape index (κ3) is 3.78. The number of anilines is 1. The molecule has 19 heavy (non-hydrogen) atoms. The summed E-state index contributed by atoms with van der Waals surface area (Å²) in [4.78, 5) is 4.50. The lowest BCUT2D eigenvalue weighted by Gasteiger charge is -2.08. The lowest BCUT2D eigenvalue weighted by Crippen LogP contribution is -2.20. The first-order valence-electron chi connectivity index (χ1n) is 5.84. The van der Waals surface area contributed by atoms with Crippen molar-refractivity contribution in [3.8, 4) is 11.3 Å². The highest BCUT2D eigenvalue weighted by molar-refractivity contribution is 7.84. The molecule has 0 saturated carbocycles. The number of nitrogens with zero attached hydrogens (tertiary/aromatic N) is 1. The fraction of sp³-hybridized carbons (Fsp3) is 0.308. The average Bonchev–Trinajstić information content (AvgIpc) is 2.85. The summed E-state index contributed by atoms with van der Waals surface area (Å²) in [6.45, 7) is 2.60. The van der Waals surface area contributed by atoms with E-state index in [0.29, 0.717) is 11.6 Å². The maximum absolute atomic E-state index is 11.3. The minimum absolute atomic E-state index is 0.104. The van der Waals surface area contributed by atoms with Gasteiger partial charge in [0.05, 0.1) is 5.69 Å². The van der Waals surface area contributed by atoms with Gasteiger partial charge in [-0.05, 0) is 13.0 Å². The van der Waals surface area contributed by atoms with Crippen LogP contribution in [0.4, 0.5) is 5.13 Å². The summed E-state index contributed by atoms with van der Waals surface area (Å²) in [5.41, 5.74) is 1.80. The van der Waals surface area contributed by atoms with Crippen molar-refractivity contribution in [1.82, 2.24) is 4.98 Å². The number of thiazole rings is 1. The molecule has 102 valence electrons. The second kappa shape index (κ2) is 6.50. The van der Waals surface area contributed by atoms with Gasteiger partial charge in [0.25, 0.3) is 0 Å². The second-order valence-electron chi connectivity index (χ2n) is 4.21. The van der Waals surface area contributed by atoms with Crippen LogP contribution in [0.3, 0.4) is 0 Å². The average molecular weight is 315 g/mol. The molecule has 6 heteroatoms. The van der Waals surface area contributed by atoms with Gasteiger partial charge in [-0.25, -0.2) is 4.98 Å². The van der Waals surface area contributed by atoms with E-state index in [1.54, 1.807) is 6.26 Å². The SMILES string of the molecule is C[C@H](CNc1nc(-c2ccccc2Cl)cs1)[S@@](C)=O. The zero-order chi connectivity index (χ0) is 13.8. The van der Waals surface area contributed by atoms with Gasteiger partial charge in [0.15, 0.2) is 5.13 Å². The molecular weight excluding hydrogens is 300 g/mol. The molecule has 0 fully saturated rings. The molecule has 0 aliphatic heterocycles. The summed E-state index contributed by atoms with van der Waals surface area (Å²) < 4.78 is 11.3. The van der Waals surface area contributed by atoms with Crippen molar-refractivity contribution in [2.75, 3.05) is 18.1 Å². The smallest absolute Gasteiger partial charge is 0.183 e. The molecule has 0 spiro atoms. The first kappa shape index (κ1) is 14.5. The third-order valence-electron chi connectivity index (χ3n) is 2.76. The summed E-state index contributed by atoms with van der Waals surface area (Å²) in [6.07, 6.45) is 1.71. The van der Waals surface area contributed by atoms with Gasteiger partial charge in [0, 0.05) is 44.8 Å². The van der Waals surface area contributed by atoms with Crippen LogP contribution in [0.15, 0.2) is 29.6 Å². The summed E-state index contributed by atoms with van der Waals surface area (Å²) in [7, 11) is -0.824. The zero-order valence-electron chi connectivity index (χ0n) is 10.7. The lowest BCUT2D eigenvalue weighted by atomic mass is 10.2. The molecule has 0 bridgehead atoms. The van der Waals surface area contributed by atoms with Crippen LogP contribution in [0.1, 0.15) is 6.92 Å². The quantitative estimate of drug-likeness (QED) is 0.916.